The van der Waals surface area contributed by atoms with Gasteiger partial charge in [0, 0.05) is 5.75 Å². The van der Waals surface area contributed by atoms with E-state index < -0.39 is 0 Å². The fraction of sp³-hybridized carbons (Fsp3) is 0.158. The van der Waals surface area contributed by atoms with Gasteiger partial charge >= 0.3 is 0 Å². The zero-order chi connectivity index (χ0) is 16.5. The number of aromatic nitrogens is 2. The van der Waals surface area contributed by atoms with Crippen molar-refractivity contribution in [2.75, 3.05) is 5.75 Å². The van der Waals surface area contributed by atoms with Crippen molar-refractivity contribution in [3.8, 4) is 11.1 Å². The highest BCUT2D eigenvalue weighted by Crippen LogP contribution is 2.52. The van der Waals surface area contributed by atoms with Gasteiger partial charge in [0.25, 0.3) is 0 Å². The van der Waals surface area contributed by atoms with Gasteiger partial charge in [0.2, 0.25) is 0 Å². The van der Waals surface area contributed by atoms with Crippen LogP contribution >= 0.6 is 34.9 Å². The number of rotatable bonds is 5. The van der Waals surface area contributed by atoms with Crippen molar-refractivity contribution >= 4 is 34.9 Å². The van der Waals surface area contributed by atoms with Gasteiger partial charge in [-0.3, -0.25) is 0 Å². The fourth-order valence-corrected chi connectivity index (χ4v) is 6.09. The van der Waals surface area contributed by atoms with Crippen LogP contribution in [0.3, 0.4) is 0 Å². The summed E-state index contributed by atoms with van der Waals surface area (Å²) in [6.45, 7) is 5.98. The van der Waals surface area contributed by atoms with Crippen LogP contribution < -0.4 is 0 Å². The second-order valence-corrected chi connectivity index (χ2v) is 9.30. The van der Waals surface area contributed by atoms with Gasteiger partial charge in [-0.05, 0) is 29.2 Å². The van der Waals surface area contributed by atoms with Crippen molar-refractivity contribution in [2.45, 2.75) is 20.9 Å². The summed E-state index contributed by atoms with van der Waals surface area (Å²) in [6.07, 6.45) is 0. The quantitative estimate of drug-likeness (QED) is 0.403. The molecule has 120 valence electrons. The minimum atomic E-state index is 0.296. The van der Waals surface area contributed by atoms with Crippen LogP contribution in [0.25, 0.3) is 11.1 Å². The summed E-state index contributed by atoms with van der Waals surface area (Å²) >= 11 is 5.18. The Kier molecular flexibility index (Phi) is 4.48. The van der Waals surface area contributed by atoms with Crippen molar-refractivity contribution in [1.82, 2.24) is 10.2 Å². The summed E-state index contributed by atoms with van der Waals surface area (Å²) in [5.74, 6) is 0.897. The maximum atomic E-state index is 4.38. The van der Waals surface area contributed by atoms with Gasteiger partial charge in [0.1, 0.15) is 0 Å². The molecule has 0 amide bonds. The average molecular weight is 369 g/mol. The van der Waals surface area contributed by atoms with Crippen LogP contribution in [0.1, 0.15) is 23.3 Å². The molecular formula is C19H16N2S3. The van der Waals surface area contributed by atoms with Crippen molar-refractivity contribution < 1.29 is 0 Å². The molecule has 3 aromatic rings. The Morgan fingerprint density at radius 3 is 2.21 bits per heavy atom. The Morgan fingerprint density at radius 1 is 1.00 bits per heavy atom. The van der Waals surface area contributed by atoms with Crippen molar-refractivity contribution in [3.05, 3.63) is 71.8 Å². The predicted octanol–water partition coefficient (Wildman–Crippen LogP) is 6.07. The van der Waals surface area contributed by atoms with E-state index in [1.807, 2.05) is 6.92 Å². The zero-order valence-corrected chi connectivity index (χ0v) is 15.7. The molecule has 0 saturated heterocycles. The van der Waals surface area contributed by atoms with E-state index >= 15 is 0 Å². The highest BCUT2D eigenvalue weighted by atomic mass is 32.2. The number of thioether (sulfide) groups is 2. The SMILES string of the molecule is C=C(C)CSc1nnc(SC2c3ccccc3-c3ccccc32)s1. The molecule has 0 bridgehead atoms. The first-order valence-corrected chi connectivity index (χ1v) is 10.4. The van der Waals surface area contributed by atoms with E-state index in [4.69, 9.17) is 0 Å². The van der Waals surface area contributed by atoms with E-state index in [9.17, 15) is 0 Å². The van der Waals surface area contributed by atoms with Crippen LogP contribution in [0.4, 0.5) is 0 Å². The van der Waals surface area contributed by atoms with Crippen LogP contribution in [-0.2, 0) is 0 Å². The molecule has 0 saturated carbocycles. The molecule has 0 fully saturated rings. The highest BCUT2D eigenvalue weighted by molar-refractivity contribution is 8.03. The maximum Gasteiger partial charge on any atom is 0.176 e. The van der Waals surface area contributed by atoms with Crippen molar-refractivity contribution in [2.24, 2.45) is 0 Å². The van der Waals surface area contributed by atoms with Gasteiger partial charge in [-0.2, -0.15) is 0 Å². The summed E-state index contributed by atoms with van der Waals surface area (Å²) in [6, 6.07) is 17.3. The minimum absolute atomic E-state index is 0.296. The van der Waals surface area contributed by atoms with Gasteiger partial charge in [-0.15, -0.1) is 10.2 Å². The number of nitrogens with zero attached hydrogens (tertiary/aromatic N) is 2. The Morgan fingerprint density at radius 2 is 1.58 bits per heavy atom. The Balaban J connectivity index is 1.62. The van der Waals surface area contributed by atoms with E-state index in [1.165, 1.54) is 22.3 Å². The number of fused-ring (bicyclic) bond motifs is 3. The first-order chi connectivity index (χ1) is 11.7. The van der Waals surface area contributed by atoms with Crippen molar-refractivity contribution in [3.63, 3.8) is 0 Å². The number of hydrogen-bond donors (Lipinski definition) is 0. The second-order valence-electron chi connectivity index (χ2n) is 5.75. The molecule has 1 heterocycles. The summed E-state index contributed by atoms with van der Waals surface area (Å²) in [5.41, 5.74) is 6.58. The predicted molar refractivity (Wildman–Crippen MR) is 105 cm³/mol. The standard InChI is InChI=1S/C19H16N2S3/c1-12(2)11-22-18-20-21-19(24-18)23-17-15-9-5-3-7-13(15)14-8-4-6-10-16(14)17/h3-10,17H,1,11H2,2H3. The molecule has 24 heavy (non-hydrogen) atoms. The average Bonchev–Trinajstić information content (AvgIpc) is 3.17. The lowest BCUT2D eigenvalue weighted by Crippen LogP contribution is -1.90. The maximum absolute atomic E-state index is 4.38. The van der Waals surface area contributed by atoms with Gasteiger partial charge < -0.3 is 0 Å². The zero-order valence-electron chi connectivity index (χ0n) is 13.2. The topological polar surface area (TPSA) is 25.8 Å². The molecule has 0 unspecified atom stereocenters. The molecule has 0 spiro atoms. The first-order valence-electron chi connectivity index (χ1n) is 7.68. The molecule has 0 aliphatic heterocycles. The Bertz CT molecular complexity index is 855. The summed E-state index contributed by atoms with van der Waals surface area (Å²) in [5, 5.41) is 8.99. The highest BCUT2D eigenvalue weighted by Gasteiger charge is 2.29. The van der Waals surface area contributed by atoms with E-state index in [-0.39, 0.29) is 0 Å². The molecule has 0 atom stereocenters. The summed E-state index contributed by atoms with van der Waals surface area (Å²) in [7, 11) is 0. The van der Waals surface area contributed by atoms with Crippen molar-refractivity contribution in [1.29, 1.82) is 0 Å². The molecule has 5 heteroatoms. The van der Waals surface area contributed by atoms with E-state index in [0.717, 1.165) is 20.0 Å². The minimum Gasteiger partial charge on any atom is -0.131 e. The molecule has 1 aliphatic rings. The van der Waals surface area contributed by atoms with Gasteiger partial charge in [0.15, 0.2) is 8.68 Å². The van der Waals surface area contributed by atoms with Crippen LogP contribution in [0, 0.1) is 0 Å². The number of benzene rings is 2. The Labute approximate surface area is 154 Å². The number of hydrogen-bond acceptors (Lipinski definition) is 5. The third kappa shape index (κ3) is 3.04. The largest absolute Gasteiger partial charge is 0.176 e. The van der Waals surface area contributed by atoms with E-state index in [0.29, 0.717) is 5.25 Å². The molecule has 2 nitrogen and oxygen atoms in total. The summed E-state index contributed by atoms with van der Waals surface area (Å²) < 4.78 is 2.04. The fourth-order valence-electron chi connectivity index (χ4n) is 2.83. The van der Waals surface area contributed by atoms with Gasteiger partial charge in [0.05, 0.1) is 5.25 Å². The molecule has 0 N–H and O–H groups in total. The van der Waals surface area contributed by atoms with E-state index in [1.54, 1.807) is 34.9 Å². The van der Waals surface area contributed by atoms with E-state index in [2.05, 4.69) is 65.3 Å². The van der Waals surface area contributed by atoms with Crippen LogP contribution in [0.2, 0.25) is 0 Å². The summed E-state index contributed by atoms with van der Waals surface area (Å²) in [4.78, 5) is 0. The third-order valence-corrected chi connectivity index (χ3v) is 7.47. The van der Waals surface area contributed by atoms with Gasteiger partial charge in [-0.1, -0.05) is 95.5 Å². The normalized spacial score (nSPS) is 12.9. The van der Waals surface area contributed by atoms with Gasteiger partial charge in [-0.25, -0.2) is 0 Å². The molecule has 1 aromatic heterocycles. The molecule has 4 rings (SSSR count). The lowest BCUT2D eigenvalue weighted by atomic mass is 10.1. The third-order valence-electron chi connectivity index (χ3n) is 3.83. The molecule has 1 aliphatic carbocycles. The molecular weight excluding hydrogens is 352 g/mol. The lowest BCUT2D eigenvalue weighted by Gasteiger charge is -2.10. The van der Waals surface area contributed by atoms with Crippen LogP contribution in [0.15, 0.2) is 69.4 Å². The van der Waals surface area contributed by atoms with Crippen LogP contribution in [-0.4, -0.2) is 16.0 Å². The monoisotopic (exact) mass is 368 g/mol. The Hall–Kier alpha value is -1.56. The smallest absolute Gasteiger partial charge is 0.131 e. The lowest BCUT2D eigenvalue weighted by molar-refractivity contribution is 0.953. The molecule has 0 radical (unpaired) electrons. The first kappa shape index (κ1) is 15.9. The second kappa shape index (κ2) is 6.75. The van der Waals surface area contributed by atoms with Crippen LogP contribution in [0.5, 0.6) is 0 Å². The molecule has 2 aromatic carbocycles.